The number of benzene rings is 2. The largest absolute Gasteiger partial charge is 0.493 e. The van der Waals surface area contributed by atoms with Crippen LogP contribution in [0.25, 0.3) is 10.9 Å². The third-order valence-corrected chi connectivity index (χ3v) is 4.05. The molecule has 0 saturated carbocycles. The smallest absolute Gasteiger partial charge is 0.309 e. The quantitative estimate of drug-likeness (QED) is 0.507. The number of carbonyl (C=O) groups excluding carboxylic acids is 1. The van der Waals surface area contributed by atoms with Gasteiger partial charge in [-0.15, -0.1) is 4.91 Å². The maximum atomic E-state index is 14.3. The number of aromatic nitrogens is 1. The Balaban J connectivity index is 2.02. The van der Waals surface area contributed by atoms with Gasteiger partial charge in [-0.1, -0.05) is 6.07 Å². The van der Waals surface area contributed by atoms with Gasteiger partial charge in [-0.25, -0.2) is 4.39 Å². The molecule has 0 fully saturated rings. The Bertz CT molecular complexity index is 1030. The maximum Gasteiger partial charge on any atom is 0.309 e. The third-order valence-electron chi connectivity index (χ3n) is 4.05. The molecule has 0 aliphatic carbocycles. The number of nitrogens with one attached hydrogen (secondary N) is 1. The normalized spacial score (nSPS) is 10.7. The lowest BCUT2D eigenvalue weighted by Gasteiger charge is -2.13. The van der Waals surface area contributed by atoms with Crippen molar-refractivity contribution in [3.8, 4) is 17.2 Å². The van der Waals surface area contributed by atoms with Gasteiger partial charge in [-0.05, 0) is 35.9 Å². The highest BCUT2D eigenvalue weighted by atomic mass is 19.1. The van der Waals surface area contributed by atoms with E-state index in [1.807, 2.05) is 0 Å². The van der Waals surface area contributed by atoms with Crippen molar-refractivity contribution in [2.75, 3.05) is 14.2 Å². The number of ether oxygens (including phenoxy) is 3. The number of fused-ring (bicyclic) bond motifs is 1. The van der Waals surface area contributed by atoms with Gasteiger partial charge in [-0.2, -0.15) is 0 Å². The zero-order valence-electron chi connectivity index (χ0n) is 15.0. The van der Waals surface area contributed by atoms with Crippen LogP contribution in [0.2, 0.25) is 0 Å². The highest BCUT2D eigenvalue weighted by molar-refractivity contribution is 5.95. The molecule has 140 valence electrons. The Hall–Kier alpha value is -3.42. The monoisotopic (exact) mass is 372 g/mol. The lowest BCUT2D eigenvalue weighted by molar-refractivity contribution is -0.139. The molecule has 0 spiro atoms. The maximum absolute atomic E-state index is 14.3. The van der Waals surface area contributed by atoms with E-state index in [-0.39, 0.29) is 23.8 Å². The number of esters is 1. The van der Waals surface area contributed by atoms with Crippen LogP contribution in [0, 0.1) is 17.6 Å². The van der Waals surface area contributed by atoms with Crippen molar-refractivity contribution in [3.63, 3.8) is 0 Å². The Labute approximate surface area is 154 Å². The van der Waals surface area contributed by atoms with Crippen molar-refractivity contribution >= 4 is 22.6 Å². The molecule has 27 heavy (non-hydrogen) atoms. The van der Waals surface area contributed by atoms with Gasteiger partial charge < -0.3 is 19.2 Å². The summed E-state index contributed by atoms with van der Waals surface area (Å²) in [5, 5.41) is 3.10. The minimum absolute atomic E-state index is 0.0849. The number of aryl methyl sites for hydroxylation is 1. The van der Waals surface area contributed by atoms with Crippen LogP contribution in [0.15, 0.2) is 35.5 Å². The second-order valence-corrected chi connectivity index (χ2v) is 5.88. The summed E-state index contributed by atoms with van der Waals surface area (Å²) in [6, 6.07) is 7.66. The van der Waals surface area contributed by atoms with E-state index in [0.717, 1.165) is 11.8 Å². The zero-order chi connectivity index (χ0) is 19.6. The Morgan fingerprint density at radius 3 is 2.59 bits per heavy atom. The van der Waals surface area contributed by atoms with E-state index in [0.29, 0.717) is 28.0 Å². The molecule has 0 aliphatic rings. The van der Waals surface area contributed by atoms with Crippen molar-refractivity contribution in [2.45, 2.75) is 13.3 Å². The van der Waals surface area contributed by atoms with Crippen LogP contribution in [0.4, 0.5) is 10.1 Å². The summed E-state index contributed by atoms with van der Waals surface area (Å²) in [6.07, 6.45) is 0.0849. The molecule has 1 aromatic heterocycles. The fourth-order valence-electron chi connectivity index (χ4n) is 2.79. The van der Waals surface area contributed by atoms with Crippen LogP contribution in [0.3, 0.4) is 0 Å². The van der Waals surface area contributed by atoms with E-state index in [2.05, 4.69) is 14.9 Å². The number of rotatable bonds is 6. The molecule has 0 bridgehead atoms. The molecule has 0 aliphatic heterocycles. The fraction of sp³-hybridized carbons (Fsp3) is 0.211. The molecule has 0 amide bonds. The van der Waals surface area contributed by atoms with Crippen LogP contribution in [0.5, 0.6) is 17.2 Å². The lowest BCUT2D eigenvalue weighted by Crippen LogP contribution is -2.04. The Kier molecular flexibility index (Phi) is 5.07. The number of nitroso groups, excluding NO2 is 1. The number of halogens is 1. The first kappa shape index (κ1) is 18.4. The molecular weight excluding hydrogens is 355 g/mol. The van der Waals surface area contributed by atoms with Crippen molar-refractivity contribution in [2.24, 2.45) is 5.18 Å². The highest BCUT2D eigenvalue weighted by Crippen LogP contribution is 2.40. The highest BCUT2D eigenvalue weighted by Gasteiger charge is 2.18. The van der Waals surface area contributed by atoms with Gasteiger partial charge in [0.2, 0.25) is 0 Å². The second kappa shape index (κ2) is 7.45. The van der Waals surface area contributed by atoms with E-state index >= 15 is 0 Å². The van der Waals surface area contributed by atoms with E-state index in [9.17, 15) is 14.1 Å². The summed E-state index contributed by atoms with van der Waals surface area (Å²) in [4.78, 5) is 25.4. The first-order chi connectivity index (χ1) is 13.0. The standard InChI is InChI=1S/C19H17FN2O5/c1-10-6-12-18(22-24)13(20)9-16(19(12)21-10)27-14-5-4-11(7-15(14)25-2)8-17(23)26-3/h4-7,9,21H,8H2,1-3H3. The molecule has 7 nitrogen and oxygen atoms in total. The molecule has 1 heterocycles. The van der Waals surface area contributed by atoms with Gasteiger partial charge in [0, 0.05) is 17.1 Å². The average molecular weight is 372 g/mol. The van der Waals surface area contributed by atoms with Crippen LogP contribution in [-0.4, -0.2) is 25.2 Å². The Morgan fingerprint density at radius 2 is 1.93 bits per heavy atom. The van der Waals surface area contributed by atoms with E-state index in [1.165, 1.54) is 14.2 Å². The number of hydrogen-bond acceptors (Lipinski definition) is 6. The summed E-state index contributed by atoms with van der Waals surface area (Å²) in [7, 11) is 2.77. The number of aromatic amines is 1. The average Bonchev–Trinajstić information content (AvgIpc) is 3.04. The van der Waals surface area contributed by atoms with Gasteiger partial charge in [-0.3, -0.25) is 4.79 Å². The van der Waals surface area contributed by atoms with E-state index < -0.39 is 5.82 Å². The minimum Gasteiger partial charge on any atom is -0.493 e. The summed E-state index contributed by atoms with van der Waals surface area (Å²) in [5.41, 5.74) is 1.58. The molecule has 3 rings (SSSR count). The number of hydrogen-bond donors (Lipinski definition) is 1. The number of nitrogens with zero attached hydrogens (tertiary/aromatic N) is 1. The van der Waals surface area contributed by atoms with Crippen molar-refractivity contribution in [3.05, 3.63) is 52.3 Å². The van der Waals surface area contributed by atoms with Crippen LogP contribution >= 0.6 is 0 Å². The predicted molar refractivity (Wildman–Crippen MR) is 97.2 cm³/mol. The number of H-pyrrole nitrogens is 1. The Morgan fingerprint density at radius 1 is 1.15 bits per heavy atom. The molecule has 2 aromatic carbocycles. The first-order valence-corrected chi connectivity index (χ1v) is 8.03. The van der Waals surface area contributed by atoms with Crippen LogP contribution in [-0.2, 0) is 16.0 Å². The summed E-state index contributed by atoms with van der Waals surface area (Å²) < 4.78 is 30.1. The van der Waals surface area contributed by atoms with E-state index in [1.54, 1.807) is 31.2 Å². The molecule has 1 N–H and O–H groups in total. The predicted octanol–water partition coefficient (Wildman–Crippen LogP) is 4.53. The minimum atomic E-state index is -0.784. The molecule has 3 aromatic rings. The van der Waals surface area contributed by atoms with Crippen molar-refractivity contribution in [1.29, 1.82) is 0 Å². The van der Waals surface area contributed by atoms with Gasteiger partial charge in [0.15, 0.2) is 28.8 Å². The van der Waals surface area contributed by atoms with Crippen LogP contribution in [0.1, 0.15) is 11.3 Å². The summed E-state index contributed by atoms with van der Waals surface area (Å²) in [5.74, 6) is -0.292. The number of carbonyl (C=O) groups is 1. The van der Waals surface area contributed by atoms with E-state index in [4.69, 9.17) is 9.47 Å². The third kappa shape index (κ3) is 3.59. The second-order valence-electron chi connectivity index (χ2n) is 5.88. The molecule has 0 radical (unpaired) electrons. The number of methoxy groups -OCH3 is 2. The van der Waals surface area contributed by atoms with Gasteiger partial charge >= 0.3 is 5.97 Å². The SMILES string of the molecule is COC(=O)Cc1ccc(Oc2cc(F)c(N=O)c3cc(C)[nH]c23)c(OC)c1. The van der Waals surface area contributed by atoms with Crippen molar-refractivity contribution < 1.29 is 23.4 Å². The van der Waals surface area contributed by atoms with Crippen molar-refractivity contribution in [1.82, 2.24) is 4.98 Å². The molecule has 0 unspecified atom stereocenters. The zero-order valence-corrected chi connectivity index (χ0v) is 15.0. The molecule has 8 heteroatoms. The summed E-state index contributed by atoms with van der Waals surface area (Å²) >= 11 is 0. The van der Waals surface area contributed by atoms with Gasteiger partial charge in [0.25, 0.3) is 0 Å². The van der Waals surface area contributed by atoms with Gasteiger partial charge in [0.1, 0.15) is 0 Å². The fourth-order valence-corrected chi connectivity index (χ4v) is 2.79. The molecule has 0 saturated heterocycles. The summed E-state index contributed by atoms with van der Waals surface area (Å²) in [6.45, 7) is 1.78. The van der Waals surface area contributed by atoms with Gasteiger partial charge in [0.05, 0.1) is 26.2 Å². The lowest BCUT2D eigenvalue weighted by atomic mass is 10.1. The molecule has 0 atom stereocenters. The molecular formula is C19H17FN2O5. The first-order valence-electron chi connectivity index (χ1n) is 8.03. The van der Waals surface area contributed by atoms with Crippen LogP contribution < -0.4 is 9.47 Å². The topological polar surface area (TPSA) is 90.0 Å².